The van der Waals surface area contributed by atoms with E-state index in [9.17, 15) is 5.11 Å². The third-order valence-electron chi connectivity index (χ3n) is 1.71. The number of allylic oxidation sites excluding steroid dienone is 1. The van der Waals surface area contributed by atoms with Crippen LogP contribution < -0.4 is 0 Å². The Labute approximate surface area is 76.9 Å². The molecule has 1 aliphatic rings. The molecule has 1 heterocycles. The summed E-state index contributed by atoms with van der Waals surface area (Å²) in [6, 6.07) is 0. The Morgan fingerprint density at radius 3 is 2.82 bits per heavy atom. The van der Waals surface area contributed by atoms with Crippen molar-refractivity contribution in [3.63, 3.8) is 0 Å². The van der Waals surface area contributed by atoms with E-state index < -0.39 is 0 Å². The quantitative estimate of drug-likeness (QED) is 0.639. The van der Waals surface area contributed by atoms with Crippen LogP contribution in [0, 0.1) is 5.92 Å². The lowest BCUT2D eigenvalue weighted by Crippen LogP contribution is -2.17. The molecule has 0 radical (unpaired) electrons. The van der Waals surface area contributed by atoms with Crippen LogP contribution in [0.5, 0.6) is 0 Å². The zero-order valence-corrected chi connectivity index (χ0v) is 8.34. The summed E-state index contributed by atoms with van der Waals surface area (Å²) in [5, 5.41) is 9.72. The molecule has 0 saturated carbocycles. The molecular formula is C8H12OS2. The van der Waals surface area contributed by atoms with Crippen molar-refractivity contribution in [2.24, 2.45) is 5.92 Å². The van der Waals surface area contributed by atoms with Crippen LogP contribution in [-0.4, -0.2) is 14.6 Å². The number of thiocarbonyl (C=S) groups is 1. The van der Waals surface area contributed by atoms with Gasteiger partial charge < -0.3 is 5.11 Å². The second kappa shape index (κ2) is 3.59. The van der Waals surface area contributed by atoms with E-state index >= 15 is 0 Å². The summed E-state index contributed by atoms with van der Waals surface area (Å²) >= 11 is 6.70. The molecule has 0 bridgehead atoms. The summed E-state index contributed by atoms with van der Waals surface area (Å²) in [5.41, 5.74) is 0. The second-order valence-corrected chi connectivity index (χ2v) is 5.04. The minimum Gasteiger partial charge on any atom is -0.512 e. The van der Waals surface area contributed by atoms with Crippen molar-refractivity contribution in [1.29, 1.82) is 0 Å². The normalized spacial score (nSPS) is 25.5. The first kappa shape index (κ1) is 9.07. The molecule has 0 amide bonds. The Morgan fingerprint density at radius 2 is 2.36 bits per heavy atom. The number of aliphatic hydroxyl groups is 1. The molecule has 11 heavy (non-hydrogen) atoms. The molecule has 1 nitrogen and oxygen atoms in total. The van der Waals surface area contributed by atoms with Gasteiger partial charge in [0.2, 0.25) is 0 Å². The first-order valence-corrected chi connectivity index (χ1v) is 4.98. The lowest BCUT2D eigenvalue weighted by Gasteiger charge is -2.22. The van der Waals surface area contributed by atoms with Gasteiger partial charge in [-0.3, -0.25) is 0 Å². The van der Waals surface area contributed by atoms with Gasteiger partial charge in [0.1, 0.15) is 0 Å². The molecule has 0 saturated heterocycles. The van der Waals surface area contributed by atoms with Gasteiger partial charge >= 0.3 is 0 Å². The van der Waals surface area contributed by atoms with E-state index in [4.69, 9.17) is 12.2 Å². The number of hydrogen-bond donors (Lipinski definition) is 1. The highest BCUT2D eigenvalue weighted by atomic mass is 32.2. The molecule has 0 unspecified atom stereocenters. The van der Waals surface area contributed by atoms with E-state index in [0.717, 1.165) is 10.6 Å². The summed E-state index contributed by atoms with van der Waals surface area (Å²) in [6.45, 7) is 4.30. The van der Waals surface area contributed by atoms with Crippen molar-refractivity contribution < 1.29 is 5.11 Å². The highest BCUT2D eigenvalue weighted by Gasteiger charge is 2.21. The summed E-state index contributed by atoms with van der Waals surface area (Å²) in [7, 11) is 0. The van der Waals surface area contributed by atoms with Crippen molar-refractivity contribution in [3.05, 3.63) is 11.8 Å². The molecular weight excluding hydrogens is 176 g/mol. The lowest BCUT2D eigenvalue weighted by molar-refractivity contribution is 0.375. The van der Waals surface area contributed by atoms with Gasteiger partial charge in [0.05, 0.1) is 9.96 Å². The molecule has 0 spiro atoms. The number of rotatable bonds is 1. The van der Waals surface area contributed by atoms with Crippen LogP contribution in [0.2, 0.25) is 0 Å². The van der Waals surface area contributed by atoms with Crippen LogP contribution in [-0.2, 0) is 0 Å². The summed E-state index contributed by atoms with van der Waals surface area (Å²) in [4.78, 5) is 0. The Kier molecular flexibility index (Phi) is 2.96. The Hall–Kier alpha value is -0.0200. The summed E-state index contributed by atoms with van der Waals surface area (Å²) in [5.74, 6) is 1.02. The largest absolute Gasteiger partial charge is 0.512 e. The fourth-order valence-electron chi connectivity index (χ4n) is 0.998. The zero-order chi connectivity index (χ0) is 8.43. The zero-order valence-electron chi connectivity index (χ0n) is 6.70. The van der Waals surface area contributed by atoms with Gasteiger partial charge in [-0.25, -0.2) is 0 Å². The van der Waals surface area contributed by atoms with E-state index in [1.807, 2.05) is 0 Å². The SMILES string of the molecule is CC(C)[C@@H]1CC(O)=CC(=S)S1. The molecule has 3 heteroatoms. The molecule has 1 aliphatic heterocycles. The third kappa shape index (κ3) is 2.49. The predicted molar refractivity (Wildman–Crippen MR) is 54.1 cm³/mol. The highest BCUT2D eigenvalue weighted by molar-refractivity contribution is 8.24. The van der Waals surface area contributed by atoms with E-state index in [0.29, 0.717) is 16.9 Å². The van der Waals surface area contributed by atoms with E-state index in [2.05, 4.69) is 13.8 Å². The fraction of sp³-hybridized carbons (Fsp3) is 0.625. The first-order valence-electron chi connectivity index (χ1n) is 3.69. The molecule has 0 aromatic carbocycles. The van der Waals surface area contributed by atoms with Gasteiger partial charge in [0.25, 0.3) is 0 Å². The van der Waals surface area contributed by atoms with Gasteiger partial charge in [-0.05, 0) is 5.92 Å². The predicted octanol–water partition coefficient (Wildman–Crippen LogP) is 2.92. The second-order valence-electron chi connectivity index (χ2n) is 3.06. The Bertz CT molecular complexity index is 196. The topological polar surface area (TPSA) is 20.2 Å². The van der Waals surface area contributed by atoms with Gasteiger partial charge in [0.15, 0.2) is 0 Å². The maximum Gasteiger partial charge on any atom is 0.0953 e. The molecule has 1 rings (SSSR count). The number of thioether (sulfide) groups is 1. The average molecular weight is 188 g/mol. The molecule has 0 fully saturated rings. The van der Waals surface area contributed by atoms with Gasteiger partial charge in [-0.15, -0.1) is 11.8 Å². The summed E-state index contributed by atoms with van der Waals surface area (Å²) < 4.78 is 0.812. The standard InChI is InChI=1S/C8H12OS2/c1-5(2)7-3-6(9)4-8(10)11-7/h4-5,7,9H,3H2,1-2H3/t7-/m0/s1. The van der Waals surface area contributed by atoms with Crippen LogP contribution in [0.1, 0.15) is 20.3 Å². The van der Waals surface area contributed by atoms with Crippen molar-refractivity contribution in [2.45, 2.75) is 25.5 Å². The Balaban J connectivity index is 2.64. The molecule has 62 valence electrons. The number of aliphatic hydroxyl groups excluding tert-OH is 1. The maximum atomic E-state index is 9.26. The van der Waals surface area contributed by atoms with Crippen LogP contribution in [0.15, 0.2) is 11.8 Å². The first-order chi connectivity index (χ1) is 5.09. The minimum absolute atomic E-state index is 0.437. The Morgan fingerprint density at radius 1 is 1.73 bits per heavy atom. The van der Waals surface area contributed by atoms with E-state index in [-0.39, 0.29) is 0 Å². The van der Waals surface area contributed by atoms with Gasteiger partial charge in [0, 0.05) is 17.7 Å². The molecule has 0 aliphatic carbocycles. The molecule has 0 aromatic heterocycles. The molecule has 0 aromatic rings. The van der Waals surface area contributed by atoms with Gasteiger partial charge in [-0.1, -0.05) is 26.1 Å². The van der Waals surface area contributed by atoms with Crippen LogP contribution in [0.4, 0.5) is 0 Å². The van der Waals surface area contributed by atoms with Crippen molar-refractivity contribution >= 4 is 28.2 Å². The van der Waals surface area contributed by atoms with Crippen molar-refractivity contribution in [1.82, 2.24) is 0 Å². The average Bonchev–Trinajstić information content (AvgIpc) is 1.85. The van der Waals surface area contributed by atoms with Gasteiger partial charge in [-0.2, -0.15) is 0 Å². The van der Waals surface area contributed by atoms with Crippen LogP contribution in [0.3, 0.4) is 0 Å². The van der Waals surface area contributed by atoms with Crippen LogP contribution >= 0.6 is 24.0 Å². The lowest BCUT2D eigenvalue weighted by atomic mass is 10.1. The molecule has 1 N–H and O–H groups in total. The maximum absolute atomic E-state index is 9.26. The van der Waals surface area contributed by atoms with Crippen molar-refractivity contribution in [2.75, 3.05) is 0 Å². The third-order valence-corrected chi connectivity index (χ3v) is 3.48. The summed E-state index contributed by atoms with van der Waals surface area (Å²) in [6.07, 6.45) is 2.45. The van der Waals surface area contributed by atoms with E-state index in [1.54, 1.807) is 17.8 Å². The van der Waals surface area contributed by atoms with Crippen molar-refractivity contribution in [3.8, 4) is 0 Å². The minimum atomic E-state index is 0.437. The highest BCUT2D eigenvalue weighted by Crippen LogP contribution is 2.31. The monoisotopic (exact) mass is 188 g/mol. The van der Waals surface area contributed by atoms with E-state index in [1.165, 1.54) is 0 Å². The number of hydrogen-bond acceptors (Lipinski definition) is 3. The fourth-order valence-corrected chi connectivity index (χ4v) is 2.53. The molecule has 1 atom stereocenters. The van der Waals surface area contributed by atoms with Crippen LogP contribution in [0.25, 0.3) is 0 Å². The smallest absolute Gasteiger partial charge is 0.0953 e.